The van der Waals surface area contributed by atoms with Gasteiger partial charge in [-0.05, 0) is 6.07 Å². The van der Waals surface area contributed by atoms with E-state index in [4.69, 9.17) is 11.5 Å². The molecule has 0 aliphatic rings. The summed E-state index contributed by atoms with van der Waals surface area (Å²) < 4.78 is 27.4. The van der Waals surface area contributed by atoms with E-state index in [0.717, 1.165) is 12.1 Å². The molecule has 2 aromatic rings. The van der Waals surface area contributed by atoms with E-state index in [9.17, 15) is 13.6 Å². The Labute approximate surface area is 101 Å². The third-order valence-corrected chi connectivity index (χ3v) is 2.40. The summed E-state index contributed by atoms with van der Waals surface area (Å²) in [6.07, 6.45) is 0. The fourth-order valence-corrected chi connectivity index (χ4v) is 1.49. The fourth-order valence-electron chi connectivity index (χ4n) is 1.49. The lowest BCUT2D eigenvalue weighted by molar-refractivity contribution is 0.0995. The number of carbonyl (C=O) groups is 1. The van der Waals surface area contributed by atoms with Gasteiger partial charge in [-0.1, -0.05) is 6.07 Å². The van der Waals surface area contributed by atoms with Crippen molar-refractivity contribution in [1.82, 2.24) is 9.78 Å². The van der Waals surface area contributed by atoms with Gasteiger partial charge in [0.15, 0.2) is 5.69 Å². The number of primary amides is 1. The van der Waals surface area contributed by atoms with Gasteiger partial charge in [-0.15, -0.1) is 0 Å². The largest absolute Gasteiger partial charge is 0.384 e. The van der Waals surface area contributed by atoms with Gasteiger partial charge in [-0.2, -0.15) is 5.10 Å². The molecule has 0 unspecified atom stereocenters. The van der Waals surface area contributed by atoms with Crippen molar-refractivity contribution < 1.29 is 13.6 Å². The Morgan fingerprint density at radius 3 is 2.61 bits per heavy atom. The van der Waals surface area contributed by atoms with Gasteiger partial charge in [0.25, 0.3) is 5.91 Å². The van der Waals surface area contributed by atoms with E-state index in [1.807, 2.05) is 0 Å². The van der Waals surface area contributed by atoms with E-state index >= 15 is 0 Å². The number of carbonyl (C=O) groups excluding carboxylic acids is 1. The summed E-state index contributed by atoms with van der Waals surface area (Å²) in [5.74, 6) is -1.92. The van der Waals surface area contributed by atoms with Gasteiger partial charge in [0.1, 0.15) is 17.5 Å². The Morgan fingerprint density at radius 1 is 1.33 bits per heavy atom. The van der Waals surface area contributed by atoms with E-state index in [-0.39, 0.29) is 23.6 Å². The van der Waals surface area contributed by atoms with Crippen molar-refractivity contribution in [3.8, 4) is 0 Å². The van der Waals surface area contributed by atoms with Crippen LogP contribution in [0.5, 0.6) is 0 Å². The van der Waals surface area contributed by atoms with Gasteiger partial charge < -0.3 is 11.5 Å². The van der Waals surface area contributed by atoms with Crippen molar-refractivity contribution in [2.75, 3.05) is 5.73 Å². The Morgan fingerprint density at radius 2 is 2.06 bits per heavy atom. The minimum Gasteiger partial charge on any atom is -0.384 e. The first-order valence-electron chi connectivity index (χ1n) is 5.04. The Balaban J connectivity index is 2.31. The van der Waals surface area contributed by atoms with E-state index < -0.39 is 17.5 Å². The zero-order valence-electron chi connectivity index (χ0n) is 9.23. The van der Waals surface area contributed by atoms with Crippen LogP contribution in [0.15, 0.2) is 24.3 Å². The number of benzene rings is 1. The number of amides is 1. The van der Waals surface area contributed by atoms with Crippen LogP contribution < -0.4 is 11.5 Å². The number of anilines is 1. The summed E-state index contributed by atoms with van der Waals surface area (Å²) >= 11 is 0. The van der Waals surface area contributed by atoms with Gasteiger partial charge in [-0.25, -0.2) is 13.5 Å². The smallest absolute Gasteiger partial charge is 0.269 e. The van der Waals surface area contributed by atoms with E-state index in [2.05, 4.69) is 5.10 Å². The summed E-state index contributed by atoms with van der Waals surface area (Å²) in [7, 11) is 0. The van der Waals surface area contributed by atoms with Gasteiger partial charge in [0.2, 0.25) is 0 Å². The second kappa shape index (κ2) is 4.44. The van der Waals surface area contributed by atoms with Crippen LogP contribution in [0, 0.1) is 11.6 Å². The fraction of sp³-hybridized carbons (Fsp3) is 0.0909. The van der Waals surface area contributed by atoms with Crippen molar-refractivity contribution >= 4 is 11.7 Å². The molecule has 5 nitrogen and oxygen atoms in total. The van der Waals surface area contributed by atoms with Crippen molar-refractivity contribution in [1.29, 1.82) is 0 Å². The molecule has 0 saturated heterocycles. The average Bonchev–Trinajstić information content (AvgIpc) is 2.64. The number of nitrogens with zero attached hydrogens (tertiary/aromatic N) is 2. The summed E-state index contributed by atoms with van der Waals surface area (Å²) in [4.78, 5) is 10.9. The number of halogens is 2. The topological polar surface area (TPSA) is 86.9 Å². The number of nitrogen functional groups attached to an aromatic ring is 1. The molecule has 0 atom stereocenters. The molecule has 0 aliphatic heterocycles. The predicted octanol–water partition coefficient (Wildman–Crippen LogP) is 0.891. The maximum atomic E-state index is 13.4. The molecule has 0 bridgehead atoms. The first-order valence-corrected chi connectivity index (χ1v) is 5.04. The minimum absolute atomic E-state index is 0.00461. The molecule has 0 saturated carbocycles. The molecule has 0 radical (unpaired) electrons. The highest BCUT2D eigenvalue weighted by Gasteiger charge is 2.11. The van der Waals surface area contributed by atoms with Crippen LogP contribution >= 0.6 is 0 Å². The number of hydrogen-bond donors (Lipinski definition) is 2. The zero-order chi connectivity index (χ0) is 13.3. The average molecular weight is 252 g/mol. The molecule has 0 fully saturated rings. The van der Waals surface area contributed by atoms with E-state index in [1.165, 1.54) is 16.8 Å². The zero-order valence-corrected chi connectivity index (χ0v) is 9.23. The van der Waals surface area contributed by atoms with Gasteiger partial charge >= 0.3 is 0 Å². The van der Waals surface area contributed by atoms with Crippen molar-refractivity contribution in [2.45, 2.75) is 6.54 Å². The van der Waals surface area contributed by atoms with Crippen molar-refractivity contribution in [3.05, 3.63) is 47.2 Å². The monoisotopic (exact) mass is 252 g/mol. The first-order chi connectivity index (χ1) is 8.47. The highest BCUT2D eigenvalue weighted by Crippen LogP contribution is 2.14. The quantitative estimate of drug-likeness (QED) is 0.850. The molecule has 7 heteroatoms. The Bertz CT molecular complexity index is 609. The Kier molecular flexibility index (Phi) is 2.97. The normalized spacial score (nSPS) is 10.6. The van der Waals surface area contributed by atoms with Crippen LogP contribution in [0.3, 0.4) is 0 Å². The third kappa shape index (κ3) is 2.29. The molecule has 2 rings (SSSR count). The maximum Gasteiger partial charge on any atom is 0.269 e. The highest BCUT2D eigenvalue weighted by molar-refractivity contribution is 5.91. The Hall–Kier alpha value is -2.44. The maximum absolute atomic E-state index is 13.4. The van der Waals surface area contributed by atoms with E-state index in [0.29, 0.717) is 0 Å². The lowest BCUT2D eigenvalue weighted by Crippen LogP contribution is -2.13. The molecule has 1 aromatic carbocycles. The summed E-state index contributed by atoms with van der Waals surface area (Å²) in [5.41, 5.74) is 10.9. The van der Waals surface area contributed by atoms with E-state index in [1.54, 1.807) is 0 Å². The SMILES string of the molecule is NC(=O)c1cc(N)n(Cc2ccc(F)cc2F)n1. The van der Waals surface area contributed by atoms with Crippen LogP contribution in [-0.4, -0.2) is 15.7 Å². The molecule has 1 heterocycles. The molecule has 1 amide bonds. The van der Waals surface area contributed by atoms with Gasteiger partial charge in [0, 0.05) is 17.7 Å². The van der Waals surface area contributed by atoms with Gasteiger partial charge in [-0.3, -0.25) is 4.79 Å². The molecule has 18 heavy (non-hydrogen) atoms. The molecule has 0 spiro atoms. The van der Waals surface area contributed by atoms with Crippen LogP contribution in [0.1, 0.15) is 16.1 Å². The van der Waals surface area contributed by atoms with Crippen LogP contribution in [0.4, 0.5) is 14.6 Å². The minimum atomic E-state index is -0.722. The molecular weight excluding hydrogens is 242 g/mol. The second-order valence-electron chi connectivity index (χ2n) is 3.71. The molecule has 0 aliphatic carbocycles. The second-order valence-corrected chi connectivity index (χ2v) is 3.71. The third-order valence-electron chi connectivity index (χ3n) is 2.40. The summed E-state index contributed by atoms with van der Waals surface area (Å²) in [6.45, 7) is -0.00870. The summed E-state index contributed by atoms with van der Waals surface area (Å²) in [5, 5.41) is 3.82. The standard InChI is InChI=1S/C11H10F2N4O/c12-7-2-1-6(8(13)3-7)5-17-10(14)4-9(16-17)11(15)18/h1-4H,5,14H2,(H2,15,18). The molecule has 1 aromatic heterocycles. The van der Waals surface area contributed by atoms with Crippen LogP contribution in [0.25, 0.3) is 0 Å². The number of aromatic nitrogens is 2. The number of hydrogen-bond acceptors (Lipinski definition) is 3. The van der Waals surface area contributed by atoms with Crippen LogP contribution in [0.2, 0.25) is 0 Å². The number of nitrogens with two attached hydrogens (primary N) is 2. The predicted molar refractivity (Wildman–Crippen MR) is 60.6 cm³/mol. The van der Waals surface area contributed by atoms with Crippen molar-refractivity contribution in [2.24, 2.45) is 5.73 Å². The molecular formula is C11H10F2N4O. The molecule has 94 valence electrons. The molecule has 4 N–H and O–H groups in total. The lowest BCUT2D eigenvalue weighted by atomic mass is 10.2. The summed E-state index contributed by atoms with van der Waals surface area (Å²) in [6, 6.07) is 4.48. The van der Waals surface area contributed by atoms with Crippen molar-refractivity contribution in [3.63, 3.8) is 0 Å². The number of rotatable bonds is 3. The lowest BCUT2D eigenvalue weighted by Gasteiger charge is -2.05. The van der Waals surface area contributed by atoms with Crippen LogP contribution in [-0.2, 0) is 6.54 Å². The van der Waals surface area contributed by atoms with Gasteiger partial charge in [0.05, 0.1) is 6.54 Å². The first kappa shape index (κ1) is 12.0. The highest BCUT2D eigenvalue weighted by atomic mass is 19.1.